The Morgan fingerprint density at radius 2 is 1.77 bits per heavy atom. The zero-order valence-electron chi connectivity index (χ0n) is 15.6. The molecule has 142 valence electrons. The fourth-order valence-electron chi connectivity index (χ4n) is 2.68. The predicted molar refractivity (Wildman–Crippen MR) is 106 cm³/mol. The molecule has 6 heteroatoms. The van der Waals surface area contributed by atoms with E-state index in [0.29, 0.717) is 17.9 Å². The van der Waals surface area contributed by atoms with E-state index in [-0.39, 0.29) is 24.4 Å². The molecule has 2 aromatic carbocycles. The van der Waals surface area contributed by atoms with Crippen molar-refractivity contribution >= 4 is 18.3 Å². The first-order valence-corrected chi connectivity index (χ1v) is 8.28. The van der Waals surface area contributed by atoms with E-state index in [0.717, 1.165) is 5.56 Å². The number of carbonyl (C=O) groups is 1. The number of aryl methyl sites for hydroxylation is 1. The third kappa shape index (κ3) is 5.38. The van der Waals surface area contributed by atoms with Crippen LogP contribution in [0.1, 0.15) is 29.7 Å². The van der Waals surface area contributed by atoms with Gasteiger partial charge in [-0.2, -0.15) is 0 Å². The molecule has 0 aliphatic carbocycles. The lowest BCUT2D eigenvalue weighted by molar-refractivity contribution is -0.122. The van der Waals surface area contributed by atoms with Crippen LogP contribution in [0, 0.1) is 6.92 Å². The maximum absolute atomic E-state index is 12.2. The van der Waals surface area contributed by atoms with Crippen molar-refractivity contribution in [3.05, 3.63) is 59.2 Å². The Morgan fingerprint density at radius 1 is 1.12 bits per heavy atom. The number of benzene rings is 2. The number of methoxy groups -OCH3 is 2. The van der Waals surface area contributed by atoms with Crippen LogP contribution in [-0.2, 0) is 11.2 Å². The highest BCUT2D eigenvalue weighted by molar-refractivity contribution is 5.85. The van der Waals surface area contributed by atoms with Gasteiger partial charge >= 0.3 is 0 Å². The summed E-state index contributed by atoms with van der Waals surface area (Å²) in [6.45, 7) is 3.74. The molecule has 0 fully saturated rings. The van der Waals surface area contributed by atoms with Gasteiger partial charge in [-0.25, -0.2) is 0 Å². The maximum atomic E-state index is 12.2. The minimum atomic E-state index is -0.570. The van der Waals surface area contributed by atoms with E-state index in [1.54, 1.807) is 21.1 Å². The largest absolute Gasteiger partial charge is 0.493 e. The van der Waals surface area contributed by atoms with Crippen LogP contribution < -0.4 is 20.5 Å². The molecule has 2 aromatic rings. The smallest absolute Gasteiger partial charge is 0.237 e. The van der Waals surface area contributed by atoms with Crippen LogP contribution in [0.25, 0.3) is 0 Å². The lowest BCUT2D eigenvalue weighted by Crippen LogP contribution is -2.41. The predicted octanol–water partition coefficient (Wildman–Crippen LogP) is 3.18. The molecule has 3 N–H and O–H groups in total. The molecular weight excluding hydrogens is 352 g/mol. The Bertz CT molecular complexity index is 735. The van der Waals surface area contributed by atoms with E-state index >= 15 is 0 Å². The van der Waals surface area contributed by atoms with Crippen LogP contribution in [0.2, 0.25) is 0 Å². The highest BCUT2D eigenvalue weighted by atomic mass is 35.5. The molecule has 0 heterocycles. The summed E-state index contributed by atoms with van der Waals surface area (Å²) in [5.41, 5.74) is 9.03. The van der Waals surface area contributed by atoms with Crippen LogP contribution in [0.3, 0.4) is 0 Å². The summed E-state index contributed by atoms with van der Waals surface area (Å²) in [6, 6.07) is 13.0. The molecule has 0 aromatic heterocycles. The van der Waals surface area contributed by atoms with Crippen molar-refractivity contribution in [3.63, 3.8) is 0 Å². The summed E-state index contributed by atoms with van der Waals surface area (Å²) in [4.78, 5) is 12.2. The number of hydrogen-bond acceptors (Lipinski definition) is 4. The second-order valence-corrected chi connectivity index (χ2v) is 6.09. The summed E-state index contributed by atoms with van der Waals surface area (Å²) >= 11 is 0. The van der Waals surface area contributed by atoms with Crippen LogP contribution in [-0.4, -0.2) is 26.2 Å². The molecule has 2 rings (SSSR count). The lowest BCUT2D eigenvalue weighted by atomic mass is 9.95. The second-order valence-electron chi connectivity index (χ2n) is 6.09. The summed E-state index contributed by atoms with van der Waals surface area (Å²) in [5.74, 6) is 1.10. The first-order valence-electron chi connectivity index (χ1n) is 8.28. The number of halogens is 1. The van der Waals surface area contributed by atoms with Gasteiger partial charge in [0, 0.05) is 0 Å². The Hall–Kier alpha value is -2.24. The molecule has 5 nitrogen and oxygen atoms in total. The molecule has 26 heavy (non-hydrogen) atoms. The standard InChI is InChI=1S/C20H26N2O3.ClH/c1-13-7-5-6-8-15(13)11-17(22-20(23)14(2)21)16-9-10-18(24-3)19(12-16)25-4;/h5-10,12,14,17H,11,21H2,1-4H3,(H,22,23);1H/t14-,17?;/m1./s1. The summed E-state index contributed by atoms with van der Waals surface area (Å²) in [5, 5.41) is 3.04. The average Bonchev–Trinajstić information content (AvgIpc) is 2.62. The Balaban J connectivity index is 0.00000338. The molecule has 0 aliphatic heterocycles. The zero-order chi connectivity index (χ0) is 18.4. The van der Waals surface area contributed by atoms with Crippen molar-refractivity contribution in [3.8, 4) is 11.5 Å². The van der Waals surface area contributed by atoms with Crippen LogP contribution in [0.15, 0.2) is 42.5 Å². The number of hydrogen-bond donors (Lipinski definition) is 2. The quantitative estimate of drug-likeness (QED) is 0.776. The second kappa shape index (κ2) is 10.0. The molecule has 0 spiro atoms. The molecule has 1 amide bonds. The van der Waals surface area contributed by atoms with Crippen molar-refractivity contribution in [1.29, 1.82) is 0 Å². The number of nitrogens with two attached hydrogens (primary N) is 1. The van der Waals surface area contributed by atoms with Gasteiger partial charge in [0.2, 0.25) is 5.91 Å². The van der Waals surface area contributed by atoms with Crippen LogP contribution >= 0.6 is 12.4 Å². The monoisotopic (exact) mass is 378 g/mol. The Labute approximate surface area is 161 Å². The van der Waals surface area contributed by atoms with E-state index in [9.17, 15) is 4.79 Å². The van der Waals surface area contributed by atoms with E-state index in [2.05, 4.69) is 24.4 Å². The number of ether oxygens (including phenoxy) is 2. The average molecular weight is 379 g/mol. The van der Waals surface area contributed by atoms with Gasteiger partial charge in [-0.1, -0.05) is 30.3 Å². The third-order valence-corrected chi connectivity index (χ3v) is 4.23. The minimum Gasteiger partial charge on any atom is -0.493 e. The van der Waals surface area contributed by atoms with Crippen molar-refractivity contribution in [2.75, 3.05) is 14.2 Å². The number of nitrogens with one attached hydrogen (secondary N) is 1. The SMILES string of the molecule is COc1ccc(C(Cc2ccccc2C)NC(=O)[C@@H](C)N)cc1OC.Cl. The summed E-state index contributed by atoms with van der Waals surface area (Å²) in [7, 11) is 3.19. The van der Waals surface area contributed by atoms with Gasteiger partial charge in [0.15, 0.2) is 11.5 Å². The molecule has 0 saturated carbocycles. The van der Waals surface area contributed by atoms with Gasteiger partial charge in [0.05, 0.1) is 26.3 Å². The van der Waals surface area contributed by atoms with Crippen molar-refractivity contribution in [2.24, 2.45) is 5.73 Å². The maximum Gasteiger partial charge on any atom is 0.237 e. The molecule has 2 atom stereocenters. The molecule has 1 unspecified atom stereocenters. The number of rotatable bonds is 7. The summed E-state index contributed by atoms with van der Waals surface area (Å²) in [6.07, 6.45) is 0.667. The third-order valence-electron chi connectivity index (χ3n) is 4.23. The van der Waals surface area contributed by atoms with E-state index in [1.165, 1.54) is 11.1 Å². The van der Waals surface area contributed by atoms with E-state index in [1.807, 2.05) is 30.3 Å². The van der Waals surface area contributed by atoms with Gasteiger partial charge in [0.25, 0.3) is 0 Å². The van der Waals surface area contributed by atoms with Gasteiger partial charge in [-0.05, 0) is 49.1 Å². The van der Waals surface area contributed by atoms with Gasteiger partial charge < -0.3 is 20.5 Å². The lowest BCUT2D eigenvalue weighted by Gasteiger charge is -2.22. The Kier molecular flexibility index (Phi) is 8.42. The van der Waals surface area contributed by atoms with Crippen molar-refractivity contribution < 1.29 is 14.3 Å². The zero-order valence-corrected chi connectivity index (χ0v) is 16.4. The van der Waals surface area contributed by atoms with E-state index < -0.39 is 6.04 Å². The fourth-order valence-corrected chi connectivity index (χ4v) is 2.68. The van der Waals surface area contributed by atoms with Crippen molar-refractivity contribution in [2.45, 2.75) is 32.4 Å². The van der Waals surface area contributed by atoms with Gasteiger partial charge in [0.1, 0.15) is 0 Å². The number of amides is 1. The first-order chi connectivity index (χ1) is 12.0. The van der Waals surface area contributed by atoms with E-state index in [4.69, 9.17) is 15.2 Å². The highest BCUT2D eigenvalue weighted by Crippen LogP contribution is 2.31. The van der Waals surface area contributed by atoms with Crippen LogP contribution in [0.5, 0.6) is 11.5 Å². The van der Waals surface area contributed by atoms with Gasteiger partial charge in [-0.3, -0.25) is 4.79 Å². The number of carbonyl (C=O) groups excluding carboxylic acids is 1. The Morgan fingerprint density at radius 3 is 2.35 bits per heavy atom. The van der Waals surface area contributed by atoms with Crippen LogP contribution in [0.4, 0.5) is 0 Å². The topological polar surface area (TPSA) is 73.6 Å². The molecule has 0 saturated heterocycles. The molecule has 0 radical (unpaired) electrons. The normalized spacial score (nSPS) is 12.5. The van der Waals surface area contributed by atoms with Gasteiger partial charge in [-0.15, -0.1) is 12.4 Å². The molecule has 0 bridgehead atoms. The molecule has 0 aliphatic rings. The molecular formula is C20H27ClN2O3. The fraction of sp³-hybridized carbons (Fsp3) is 0.350. The summed E-state index contributed by atoms with van der Waals surface area (Å²) < 4.78 is 10.7. The first kappa shape index (κ1) is 21.8. The highest BCUT2D eigenvalue weighted by Gasteiger charge is 2.19. The van der Waals surface area contributed by atoms with Crippen molar-refractivity contribution in [1.82, 2.24) is 5.32 Å². The minimum absolute atomic E-state index is 0.